The van der Waals surface area contributed by atoms with E-state index in [0.717, 1.165) is 36.8 Å². The minimum absolute atomic E-state index is 0.0182. The number of carbonyl (C=O) groups is 1. The fraction of sp³-hybridized carbons (Fsp3) is 0.474. The number of hydrogen-bond acceptors (Lipinski definition) is 3. The van der Waals surface area contributed by atoms with Crippen molar-refractivity contribution in [2.24, 2.45) is 0 Å². The molecule has 132 valence electrons. The van der Waals surface area contributed by atoms with Gasteiger partial charge in [0.25, 0.3) is 0 Å². The van der Waals surface area contributed by atoms with E-state index in [9.17, 15) is 4.79 Å². The van der Waals surface area contributed by atoms with Gasteiger partial charge in [0.15, 0.2) is 6.23 Å². The summed E-state index contributed by atoms with van der Waals surface area (Å²) < 4.78 is 7.90. The maximum absolute atomic E-state index is 11.1. The van der Waals surface area contributed by atoms with Crippen molar-refractivity contribution in [3.63, 3.8) is 0 Å². The van der Waals surface area contributed by atoms with Crippen LogP contribution < -0.4 is 0 Å². The molecule has 2 aromatic rings. The fourth-order valence-corrected chi connectivity index (χ4v) is 3.79. The number of benzene rings is 1. The molecule has 0 aliphatic carbocycles. The summed E-state index contributed by atoms with van der Waals surface area (Å²) in [6, 6.07) is 4.36. The molecule has 0 radical (unpaired) electrons. The van der Waals surface area contributed by atoms with Gasteiger partial charge in [-0.3, -0.25) is 0 Å². The van der Waals surface area contributed by atoms with Gasteiger partial charge < -0.3 is 14.7 Å². The van der Waals surface area contributed by atoms with Crippen LogP contribution in [0.1, 0.15) is 43.0 Å². The van der Waals surface area contributed by atoms with Gasteiger partial charge in [-0.15, -0.1) is 0 Å². The lowest BCUT2D eigenvalue weighted by atomic mass is 9.94. The largest absolute Gasteiger partial charge is 0.465 e. The SMILES string of the molecule is Cc1cc2cnn(C3CCCCO3)c2cc1C1=CCN(C(=O)O)CC1. The van der Waals surface area contributed by atoms with Gasteiger partial charge in [0.1, 0.15) is 0 Å². The highest BCUT2D eigenvalue weighted by Gasteiger charge is 2.21. The Balaban J connectivity index is 1.70. The van der Waals surface area contributed by atoms with Gasteiger partial charge in [0.05, 0.1) is 11.7 Å². The summed E-state index contributed by atoms with van der Waals surface area (Å²) in [5.41, 5.74) is 4.70. The van der Waals surface area contributed by atoms with Crippen LogP contribution in [-0.4, -0.2) is 45.6 Å². The van der Waals surface area contributed by atoms with Crippen molar-refractivity contribution in [3.05, 3.63) is 35.5 Å². The molecule has 0 spiro atoms. The predicted octanol–water partition coefficient (Wildman–Crippen LogP) is 3.81. The van der Waals surface area contributed by atoms with Crippen LogP contribution >= 0.6 is 0 Å². The average Bonchev–Trinajstić information content (AvgIpc) is 3.04. The molecule has 3 heterocycles. The van der Waals surface area contributed by atoms with E-state index in [1.807, 2.05) is 17.0 Å². The second-order valence-electron chi connectivity index (χ2n) is 6.84. The zero-order chi connectivity index (χ0) is 17.4. The number of hydrogen-bond donors (Lipinski definition) is 1. The number of fused-ring (bicyclic) bond motifs is 1. The van der Waals surface area contributed by atoms with E-state index < -0.39 is 6.09 Å². The fourth-order valence-electron chi connectivity index (χ4n) is 3.79. The van der Waals surface area contributed by atoms with Gasteiger partial charge in [-0.25, -0.2) is 9.48 Å². The minimum atomic E-state index is -0.852. The van der Waals surface area contributed by atoms with Gasteiger partial charge in [-0.2, -0.15) is 5.10 Å². The molecule has 1 unspecified atom stereocenters. The first-order valence-corrected chi connectivity index (χ1v) is 8.90. The smallest absolute Gasteiger partial charge is 0.407 e. The Hall–Kier alpha value is -2.34. The third-order valence-electron chi connectivity index (χ3n) is 5.20. The summed E-state index contributed by atoms with van der Waals surface area (Å²) in [5, 5.41) is 14.8. The van der Waals surface area contributed by atoms with Gasteiger partial charge in [-0.05, 0) is 61.4 Å². The highest BCUT2D eigenvalue weighted by atomic mass is 16.5. The lowest BCUT2D eigenvalue weighted by Crippen LogP contribution is -2.33. The molecule has 4 rings (SSSR count). The van der Waals surface area contributed by atoms with Crippen molar-refractivity contribution >= 4 is 22.6 Å². The van der Waals surface area contributed by atoms with E-state index in [1.165, 1.54) is 28.0 Å². The first-order chi connectivity index (χ1) is 12.1. The molecule has 1 amide bonds. The molecule has 1 aromatic heterocycles. The lowest BCUT2D eigenvalue weighted by molar-refractivity contribution is -0.0366. The Labute approximate surface area is 146 Å². The van der Waals surface area contributed by atoms with E-state index >= 15 is 0 Å². The van der Waals surface area contributed by atoms with Crippen LogP contribution in [0.25, 0.3) is 16.5 Å². The molecule has 1 fully saturated rings. The zero-order valence-corrected chi connectivity index (χ0v) is 14.4. The van der Waals surface area contributed by atoms with Crippen LogP contribution in [0, 0.1) is 6.92 Å². The van der Waals surface area contributed by atoms with Crippen molar-refractivity contribution in [1.29, 1.82) is 0 Å². The van der Waals surface area contributed by atoms with Crippen molar-refractivity contribution in [2.75, 3.05) is 19.7 Å². The van der Waals surface area contributed by atoms with E-state index in [0.29, 0.717) is 13.1 Å². The van der Waals surface area contributed by atoms with E-state index in [2.05, 4.69) is 24.2 Å². The molecule has 2 aliphatic heterocycles. The number of aryl methyl sites for hydroxylation is 1. The number of nitrogens with zero attached hydrogens (tertiary/aromatic N) is 3. The van der Waals surface area contributed by atoms with Crippen molar-refractivity contribution in [3.8, 4) is 0 Å². The number of amides is 1. The summed E-state index contributed by atoms with van der Waals surface area (Å²) in [6.07, 6.45) is 7.13. The Bertz CT molecular complexity index is 834. The maximum atomic E-state index is 11.1. The molecule has 1 atom stereocenters. The quantitative estimate of drug-likeness (QED) is 0.902. The molecule has 0 bridgehead atoms. The molecule has 25 heavy (non-hydrogen) atoms. The van der Waals surface area contributed by atoms with Crippen LogP contribution in [0.15, 0.2) is 24.4 Å². The number of carboxylic acid groups (broad SMARTS) is 1. The molecule has 1 N–H and O–H groups in total. The molecule has 1 saturated heterocycles. The predicted molar refractivity (Wildman–Crippen MR) is 95.5 cm³/mol. The van der Waals surface area contributed by atoms with Gasteiger partial charge in [-0.1, -0.05) is 6.08 Å². The molecule has 1 aromatic carbocycles. The van der Waals surface area contributed by atoms with Crippen LogP contribution in [0.2, 0.25) is 0 Å². The molecule has 2 aliphatic rings. The number of rotatable bonds is 2. The summed E-state index contributed by atoms with van der Waals surface area (Å²) in [4.78, 5) is 12.5. The topological polar surface area (TPSA) is 67.6 Å². The van der Waals surface area contributed by atoms with E-state index in [-0.39, 0.29) is 6.23 Å². The third kappa shape index (κ3) is 3.02. The summed E-state index contributed by atoms with van der Waals surface area (Å²) >= 11 is 0. The first-order valence-electron chi connectivity index (χ1n) is 8.90. The van der Waals surface area contributed by atoms with Crippen LogP contribution in [-0.2, 0) is 4.74 Å². The van der Waals surface area contributed by atoms with Crippen molar-refractivity contribution in [2.45, 2.75) is 38.8 Å². The van der Waals surface area contributed by atoms with Crippen molar-refractivity contribution < 1.29 is 14.6 Å². The highest BCUT2D eigenvalue weighted by Crippen LogP contribution is 2.32. The summed E-state index contributed by atoms with van der Waals surface area (Å²) in [7, 11) is 0. The molecule has 6 nitrogen and oxygen atoms in total. The molecule has 0 saturated carbocycles. The Morgan fingerprint density at radius 2 is 2.24 bits per heavy atom. The van der Waals surface area contributed by atoms with Crippen LogP contribution in [0.3, 0.4) is 0 Å². The molecule has 6 heteroatoms. The summed E-state index contributed by atoms with van der Waals surface area (Å²) in [6.45, 7) is 3.89. The maximum Gasteiger partial charge on any atom is 0.407 e. The number of ether oxygens (including phenoxy) is 1. The molecular formula is C19H23N3O3. The normalized spacial score (nSPS) is 21.4. The van der Waals surface area contributed by atoms with Gasteiger partial charge in [0.2, 0.25) is 0 Å². The minimum Gasteiger partial charge on any atom is -0.465 e. The highest BCUT2D eigenvalue weighted by molar-refractivity contribution is 5.85. The first kappa shape index (κ1) is 16.1. The Morgan fingerprint density at radius 3 is 2.92 bits per heavy atom. The van der Waals surface area contributed by atoms with Crippen LogP contribution in [0.4, 0.5) is 4.79 Å². The second-order valence-corrected chi connectivity index (χ2v) is 6.84. The van der Waals surface area contributed by atoms with E-state index in [4.69, 9.17) is 9.84 Å². The summed E-state index contributed by atoms with van der Waals surface area (Å²) in [5.74, 6) is 0. The van der Waals surface area contributed by atoms with Gasteiger partial charge >= 0.3 is 6.09 Å². The zero-order valence-electron chi connectivity index (χ0n) is 14.4. The average molecular weight is 341 g/mol. The Morgan fingerprint density at radius 1 is 1.36 bits per heavy atom. The van der Waals surface area contributed by atoms with E-state index in [1.54, 1.807) is 0 Å². The Kier molecular flexibility index (Phi) is 4.21. The van der Waals surface area contributed by atoms with Gasteiger partial charge in [0, 0.05) is 25.1 Å². The monoisotopic (exact) mass is 341 g/mol. The third-order valence-corrected chi connectivity index (χ3v) is 5.20. The van der Waals surface area contributed by atoms with Crippen LogP contribution in [0.5, 0.6) is 0 Å². The standard InChI is InChI=1S/C19H23N3O3/c1-13-10-15-12-20-22(18-4-2-3-9-25-18)17(15)11-16(13)14-5-7-21(8-6-14)19(23)24/h5,10-12,18H,2-4,6-9H2,1H3,(H,23,24). The lowest BCUT2D eigenvalue weighted by Gasteiger charge is -2.25. The molecular weight excluding hydrogens is 318 g/mol. The second kappa shape index (κ2) is 6.52. The van der Waals surface area contributed by atoms with Crippen molar-refractivity contribution in [1.82, 2.24) is 14.7 Å². The number of aromatic nitrogens is 2.